The number of carbonyl (C=O) groups excluding carboxylic acids is 4. The van der Waals surface area contributed by atoms with Crippen molar-refractivity contribution in [2.75, 3.05) is 0 Å². The lowest BCUT2D eigenvalue weighted by Crippen LogP contribution is -2.11. The van der Waals surface area contributed by atoms with Crippen LogP contribution in [0.1, 0.15) is 41.4 Å². The Labute approximate surface area is 160 Å². The van der Waals surface area contributed by atoms with Crippen LogP contribution < -0.4 is 9.47 Å². The molecule has 0 radical (unpaired) electrons. The average Bonchev–Trinajstić information content (AvgIpc) is 2.75. The van der Waals surface area contributed by atoms with Gasteiger partial charge in [0.05, 0.1) is 11.1 Å². The fourth-order valence-electron chi connectivity index (χ4n) is 2.30. The van der Waals surface area contributed by atoms with Gasteiger partial charge < -0.3 is 9.47 Å². The van der Waals surface area contributed by atoms with Crippen molar-refractivity contribution in [1.29, 1.82) is 0 Å². The van der Waals surface area contributed by atoms with Gasteiger partial charge in [-0.15, -0.1) is 0 Å². The maximum absolute atomic E-state index is 12.2. The van der Waals surface area contributed by atoms with Crippen LogP contribution in [0.4, 0.5) is 0 Å². The van der Waals surface area contributed by atoms with Gasteiger partial charge in [-0.25, -0.2) is 9.59 Å². The number of hydrogen-bond donors (Lipinski definition) is 0. The third-order valence-corrected chi connectivity index (χ3v) is 3.81. The Morgan fingerprint density at radius 2 is 0.857 bits per heavy atom. The van der Waals surface area contributed by atoms with E-state index in [9.17, 15) is 19.2 Å². The molecule has 3 aromatic carbocycles. The van der Waals surface area contributed by atoms with Crippen LogP contribution in [0.15, 0.2) is 72.8 Å². The first-order valence-electron chi connectivity index (χ1n) is 8.24. The summed E-state index contributed by atoms with van der Waals surface area (Å²) < 4.78 is 10.4. The summed E-state index contributed by atoms with van der Waals surface area (Å²) in [4.78, 5) is 45.6. The second kappa shape index (κ2) is 8.55. The lowest BCUT2D eigenvalue weighted by atomic mass is 10.1. The predicted molar refractivity (Wildman–Crippen MR) is 100 cm³/mol. The molecule has 0 amide bonds. The van der Waals surface area contributed by atoms with E-state index in [0.29, 0.717) is 35.2 Å². The first-order chi connectivity index (χ1) is 13.6. The van der Waals surface area contributed by atoms with Crippen molar-refractivity contribution < 1.29 is 28.7 Å². The van der Waals surface area contributed by atoms with Gasteiger partial charge in [0.15, 0.2) is 0 Å². The van der Waals surface area contributed by atoms with E-state index in [2.05, 4.69) is 0 Å². The Hall–Kier alpha value is -4.06. The highest BCUT2D eigenvalue weighted by Crippen LogP contribution is 2.16. The molecule has 0 atom stereocenters. The van der Waals surface area contributed by atoms with Gasteiger partial charge in [0.2, 0.25) is 0 Å². The Balaban J connectivity index is 1.64. The van der Waals surface area contributed by atoms with Gasteiger partial charge in [-0.3, -0.25) is 9.59 Å². The van der Waals surface area contributed by atoms with Crippen LogP contribution in [0.2, 0.25) is 0 Å². The molecule has 0 aliphatic rings. The van der Waals surface area contributed by atoms with Gasteiger partial charge in [0, 0.05) is 11.1 Å². The van der Waals surface area contributed by atoms with Crippen molar-refractivity contribution in [3.05, 3.63) is 95.1 Å². The highest BCUT2D eigenvalue weighted by Gasteiger charge is 2.12. The van der Waals surface area contributed by atoms with Crippen LogP contribution >= 0.6 is 0 Å². The largest absolute Gasteiger partial charge is 0.423 e. The minimum atomic E-state index is -0.594. The van der Waals surface area contributed by atoms with Crippen molar-refractivity contribution in [3.8, 4) is 11.5 Å². The molecular formula is C22H14O6. The van der Waals surface area contributed by atoms with Crippen molar-refractivity contribution in [2.24, 2.45) is 0 Å². The number of carbonyl (C=O) groups is 4. The first-order valence-corrected chi connectivity index (χ1v) is 8.24. The first kappa shape index (κ1) is 18.7. The number of rotatable bonds is 6. The molecule has 0 saturated heterocycles. The summed E-state index contributed by atoms with van der Waals surface area (Å²) in [5.74, 6) is -0.581. The zero-order chi connectivity index (χ0) is 19.9. The van der Waals surface area contributed by atoms with Crippen LogP contribution in [0.5, 0.6) is 11.5 Å². The summed E-state index contributed by atoms with van der Waals surface area (Å²) >= 11 is 0. The molecule has 3 rings (SSSR count). The molecule has 0 bridgehead atoms. The number of hydrogen-bond acceptors (Lipinski definition) is 6. The molecule has 0 unspecified atom stereocenters. The van der Waals surface area contributed by atoms with Crippen LogP contribution in [0.3, 0.4) is 0 Å². The van der Waals surface area contributed by atoms with E-state index in [-0.39, 0.29) is 11.1 Å². The zero-order valence-electron chi connectivity index (χ0n) is 14.5. The van der Waals surface area contributed by atoms with Crippen molar-refractivity contribution in [3.63, 3.8) is 0 Å². The molecule has 138 valence electrons. The van der Waals surface area contributed by atoms with Gasteiger partial charge >= 0.3 is 11.9 Å². The maximum Gasteiger partial charge on any atom is 0.343 e. The summed E-state index contributed by atoms with van der Waals surface area (Å²) in [5.41, 5.74) is 1.46. The topological polar surface area (TPSA) is 86.7 Å². The Morgan fingerprint density at radius 3 is 1.14 bits per heavy atom. The molecule has 0 N–H and O–H groups in total. The van der Waals surface area contributed by atoms with Crippen molar-refractivity contribution in [2.45, 2.75) is 0 Å². The highest BCUT2D eigenvalue weighted by molar-refractivity contribution is 5.95. The normalized spacial score (nSPS) is 10.0. The third kappa shape index (κ3) is 4.56. The Morgan fingerprint density at radius 1 is 0.536 bits per heavy atom. The molecule has 28 heavy (non-hydrogen) atoms. The fraction of sp³-hybridized carbons (Fsp3) is 0. The molecule has 6 nitrogen and oxygen atoms in total. The van der Waals surface area contributed by atoms with E-state index in [1.807, 2.05) is 0 Å². The highest BCUT2D eigenvalue weighted by atomic mass is 16.5. The standard InChI is InChI=1S/C22H14O6/c23-13-15-1-9-19(10-2-15)27-21(25)17-5-7-18(8-6-17)22(26)28-20-11-3-16(14-24)4-12-20/h1-14H. The zero-order valence-corrected chi connectivity index (χ0v) is 14.5. The molecule has 6 heteroatoms. The lowest BCUT2D eigenvalue weighted by molar-refractivity contribution is 0.0720. The minimum absolute atomic E-state index is 0.256. The average molecular weight is 374 g/mol. The number of esters is 2. The molecule has 0 spiro atoms. The van der Waals surface area contributed by atoms with E-state index in [4.69, 9.17) is 9.47 Å². The van der Waals surface area contributed by atoms with Crippen LogP contribution in [0, 0.1) is 0 Å². The second-order valence-corrected chi connectivity index (χ2v) is 5.73. The van der Waals surface area contributed by atoms with Gasteiger partial charge in [-0.1, -0.05) is 0 Å². The van der Waals surface area contributed by atoms with Crippen LogP contribution in [-0.4, -0.2) is 24.5 Å². The maximum atomic E-state index is 12.2. The van der Waals surface area contributed by atoms with E-state index in [1.165, 1.54) is 72.8 Å². The summed E-state index contributed by atoms with van der Waals surface area (Å²) in [6.07, 6.45) is 1.39. The van der Waals surface area contributed by atoms with Gasteiger partial charge in [-0.2, -0.15) is 0 Å². The summed E-state index contributed by atoms with van der Waals surface area (Å²) in [6.45, 7) is 0. The quantitative estimate of drug-likeness (QED) is 0.371. The molecule has 0 saturated carbocycles. The summed E-state index contributed by atoms with van der Waals surface area (Å²) in [7, 11) is 0. The SMILES string of the molecule is O=Cc1ccc(OC(=O)c2ccc(C(=O)Oc3ccc(C=O)cc3)cc2)cc1. The second-order valence-electron chi connectivity index (χ2n) is 5.73. The molecular weight excluding hydrogens is 360 g/mol. The Kier molecular flexibility index (Phi) is 5.72. The van der Waals surface area contributed by atoms with E-state index in [0.717, 1.165) is 0 Å². The molecule has 0 heterocycles. The molecule has 0 aromatic heterocycles. The minimum Gasteiger partial charge on any atom is -0.423 e. The summed E-state index contributed by atoms with van der Waals surface area (Å²) in [5, 5.41) is 0. The van der Waals surface area contributed by atoms with E-state index in [1.54, 1.807) is 0 Å². The lowest BCUT2D eigenvalue weighted by Gasteiger charge is -2.06. The summed E-state index contributed by atoms with van der Waals surface area (Å²) in [6, 6.07) is 18.0. The smallest absolute Gasteiger partial charge is 0.343 e. The Bertz CT molecular complexity index is 918. The van der Waals surface area contributed by atoms with Crippen molar-refractivity contribution in [1.82, 2.24) is 0 Å². The molecule has 0 aliphatic heterocycles. The van der Waals surface area contributed by atoms with E-state index < -0.39 is 11.9 Å². The fourth-order valence-corrected chi connectivity index (χ4v) is 2.30. The van der Waals surface area contributed by atoms with Gasteiger partial charge in [-0.05, 0) is 72.8 Å². The molecule has 3 aromatic rings. The third-order valence-electron chi connectivity index (χ3n) is 3.81. The molecule has 0 aliphatic carbocycles. The monoisotopic (exact) mass is 374 g/mol. The van der Waals surface area contributed by atoms with Crippen LogP contribution in [0.25, 0.3) is 0 Å². The predicted octanol–water partition coefficient (Wildman–Crippen LogP) is 3.75. The van der Waals surface area contributed by atoms with Gasteiger partial charge in [0.25, 0.3) is 0 Å². The van der Waals surface area contributed by atoms with Crippen LogP contribution in [-0.2, 0) is 0 Å². The number of benzene rings is 3. The number of aldehydes is 2. The van der Waals surface area contributed by atoms with Gasteiger partial charge in [0.1, 0.15) is 24.1 Å². The number of ether oxygens (including phenoxy) is 2. The van der Waals surface area contributed by atoms with Crippen molar-refractivity contribution >= 4 is 24.5 Å². The van der Waals surface area contributed by atoms with E-state index >= 15 is 0 Å². The molecule has 0 fully saturated rings.